The van der Waals surface area contributed by atoms with E-state index in [0.29, 0.717) is 16.7 Å². The van der Waals surface area contributed by atoms with Gasteiger partial charge in [-0.15, -0.1) is 0 Å². The van der Waals surface area contributed by atoms with E-state index in [2.05, 4.69) is 0 Å². The minimum Gasteiger partial charge on any atom is -0.342 e. The Morgan fingerprint density at radius 1 is 1.10 bits per heavy atom. The van der Waals surface area contributed by atoms with E-state index in [1.165, 1.54) is 29.8 Å². The van der Waals surface area contributed by atoms with Gasteiger partial charge in [0.1, 0.15) is 5.04 Å². The number of thioether (sulfide) groups is 1. The summed E-state index contributed by atoms with van der Waals surface area (Å²) in [5.41, 5.74) is 0. The van der Waals surface area contributed by atoms with Crippen LogP contribution in [-0.2, 0) is 9.59 Å². The van der Waals surface area contributed by atoms with Crippen molar-refractivity contribution in [2.24, 2.45) is 21.8 Å². The fraction of sp³-hybridized carbons (Fsp3) is 0.700. The average Bonchev–Trinajstić information content (AvgIpc) is 3.29. The fourth-order valence-corrected chi connectivity index (χ4v) is 5.43. The van der Waals surface area contributed by atoms with Crippen molar-refractivity contribution in [3.63, 3.8) is 0 Å². The van der Waals surface area contributed by atoms with E-state index in [0.717, 1.165) is 56.5 Å². The van der Waals surface area contributed by atoms with Crippen LogP contribution in [0.15, 0.2) is 9.98 Å². The summed E-state index contributed by atoms with van der Waals surface area (Å²) in [6.07, 6.45) is 7.65. The lowest BCUT2D eigenvalue weighted by atomic mass is 9.88. The minimum absolute atomic E-state index is 0.0829. The lowest BCUT2D eigenvalue weighted by Gasteiger charge is -2.28. The third-order valence-corrected chi connectivity index (χ3v) is 7.24. The smallest absolute Gasteiger partial charge is 0.342 e. The van der Waals surface area contributed by atoms with Crippen LogP contribution in [0.5, 0.6) is 0 Å². The molecule has 156 valence electrons. The molecule has 1 atom stereocenters. The molecule has 4 aliphatic rings. The monoisotopic (exact) mass is 418 g/mol. The van der Waals surface area contributed by atoms with Gasteiger partial charge in [-0.25, -0.2) is 9.79 Å². The molecule has 0 bridgehead atoms. The molecule has 1 saturated heterocycles. The van der Waals surface area contributed by atoms with Crippen LogP contribution >= 0.6 is 11.8 Å². The molecule has 0 spiro atoms. The molecule has 1 aliphatic carbocycles. The second-order valence-corrected chi connectivity index (χ2v) is 9.16. The summed E-state index contributed by atoms with van der Waals surface area (Å²) in [7, 11) is 3.13. The highest BCUT2D eigenvalue weighted by molar-refractivity contribution is 8.14. The molecule has 1 unspecified atom stereocenters. The first-order valence-electron chi connectivity index (χ1n) is 10.5. The van der Waals surface area contributed by atoms with Crippen LogP contribution in [0.25, 0.3) is 0 Å². The molecule has 3 aliphatic heterocycles. The maximum absolute atomic E-state index is 12.9. The molecule has 0 radical (unpaired) electrons. The van der Waals surface area contributed by atoms with E-state index in [1.807, 2.05) is 4.90 Å². The van der Waals surface area contributed by atoms with Crippen LogP contribution in [0.3, 0.4) is 0 Å². The predicted octanol–water partition coefficient (Wildman–Crippen LogP) is 1.98. The number of nitrogens with zero attached hydrogens (tertiary/aromatic N) is 5. The summed E-state index contributed by atoms with van der Waals surface area (Å²) in [4.78, 5) is 50.4. The Bertz CT molecular complexity index is 822. The normalized spacial score (nSPS) is 25.9. The van der Waals surface area contributed by atoms with Gasteiger partial charge < -0.3 is 4.90 Å². The van der Waals surface area contributed by atoms with E-state index in [1.54, 1.807) is 7.05 Å². The molecule has 1 saturated carbocycles. The first kappa shape index (κ1) is 20.3. The van der Waals surface area contributed by atoms with E-state index in [-0.39, 0.29) is 29.5 Å². The van der Waals surface area contributed by atoms with Gasteiger partial charge in [-0.1, -0.05) is 36.0 Å². The number of hydrogen-bond acceptors (Lipinski definition) is 6. The second-order valence-electron chi connectivity index (χ2n) is 8.16. The number of carbonyl (C=O) groups excluding carboxylic acids is 3. The van der Waals surface area contributed by atoms with Crippen molar-refractivity contribution in [2.45, 2.75) is 44.9 Å². The van der Waals surface area contributed by atoms with Crippen LogP contribution in [0.4, 0.5) is 4.79 Å². The Hall–Kier alpha value is -2.03. The van der Waals surface area contributed by atoms with Gasteiger partial charge in [0.15, 0.2) is 5.92 Å². The molecule has 4 rings (SSSR count). The molecular formula is C20H28N5O3S+. The summed E-state index contributed by atoms with van der Waals surface area (Å²) >= 11 is 1.33. The van der Waals surface area contributed by atoms with Crippen LogP contribution in [0.1, 0.15) is 44.9 Å². The standard InChI is InChI=1S/C20H28N5O3S/c1-23-17-15(19(27)24(2)20(23)28)18(29-12-14(26)25-10-6-7-11-25)22-16(21-17)13-8-4-3-5-9-13/h13,15H,3-12H2,1-2H3/q+1. The third kappa shape index (κ3) is 3.89. The average molecular weight is 419 g/mol. The van der Waals surface area contributed by atoms with Gasteiger partial charge in [-0.2, -0.15) is 9.48 Å². The quantitative estimate of drug-likeness (QED) is 0.656. The van der Waals surface area contributed by atoms with E-state index >= 15 is 0 Å². The fourth-order valence-electron chi connectivity index (χ4n) is 4.44. The van der Waals surface area contributed by atoms with Crippen molar-refractivity contribution >= 4 is 46.3 Å². The summed E-state index contributed by atoms with van der Waals surface area (Å²) in [5.74, 6) is 0.726. The largest absolute Gasteiger partial charge is 0.445 e. The number of hydrogen-bond donors (Lipinski definition) is 0. The first-order chi connectivity index (χ1) is 14.0. The first-order valence-corrected chi connectivity index (χ1v) is 11.5. The molecule has 0 aromatic heterocycles. The Labute approximate surface area is 175 Å². The highest BCUT2D eigenvalue weighted by Gasteiger charge is 2.49. The molecule has 3 heterocycles. The molecule has 0 N–H and O–H groups in total. The topological polar surface area (TPSA) is 85.4 Å². The Kier molecular flexibility index (Phi) is 5.85. The van der Waals surface area contributed by atoms with Crippen LogP contribution in [-0.4, -0.2) is 81.9 Å². The lowest BCUT2D eigenvalue weighted by Crippen LogP contribution is -2.55. The number of fused-ring (bicyclic) bond motifs is 1. The SMILES string of the molecule is CN1C(=O)C2C(SCC(=O)N3CCCC3)=NC(C3CCCCC3)=NC2=[N+](C)C1=O. The number of likely N-dealkylation sites (tertiary alicyclic amines) is 1. The number of urea groups is 1. The number of rotatable bonds is 3. The molecule has 9 heteroatoms. The summed E-state index contributed by atoms with van der Waals surface area (Å²) in [6.45, 7) is 1.61. The highest BCUT2D eigenvalue weighted by Crippen LogP contribution is 2.31. The number of aliphatic imine (C=N–C) groups is 2. The van der Waals surface area contributed by atoms with E-state index in [9.17, 15) is 14.4 Å². The van der Waals surface area contributed by atoms with Crippen molar-refractivity contribution in [2.75, 3.05) is 32.9 Å². The van der Waals surface area contributed by atoms with E-state index < -0.39 is 5.92 Å². The van der Waals surface area contributed by atoms with Crippen molar-refractivity contribution in [3.8, 4) is 0 Å². The second kappa shape index (κ2) is 8.38. The van der Waals surface area contributed by atoms with Crippen molar-refractivity contribution < 1.29 is 19.0 Å². The minimum atomic E-state index is -0.702. The van der Waals surface area contributed by atoms with Gasteiger partial charge in [-0.3, -0.25) is 9.59 Å². The van der Waals surface area contributed by atoms with Crippen molar-refractivity contribution in [1.82, 2.24) is 9.80 Å². The van der Waals surface area contributed by atoms with E-state index in [4.69, 9.17) is 9.98 Å². The Morgan fingerprint density at radius 2 is 1.79 bits per heavy atom. The number of amides is 4. The number of amidine groups is 2. The molecule has 2 fully saturated rings. The van der Waals surface area contributed by atoms with Crippen LogP contribution in [0.2, 0.25) is 0 Å². The molecule has 0 aromatic carbocycles. The van der Waals surface area contributed by atoms with Gasteiger partial charge in [0, 0.05) is 19.0 Å². The summed E-state index contributed by atoms with van der Waals surface area (Å²) in [6, 6.07) is -0.382. The van der Waals surface area contributed by atoms with Gasteiger partial charge in [-0.05, 0) is 25.7 Å². The van der Waals surface area contributed by atoms with Crippen LogP contribution < -0.4 is 0 Å². The highest BCUT2D eigenvalue weighted by atomic mass is 32.2. The zero-order valence-corrected chi connectivity index (χ0v) is 17.9. The zero-order valence-electron chi connectivity index (χ0n) is 17.1. The Balaban J connectivity index is 1.63. The van der Waals surface area contributed by atoms with Gasteiger partial charge in [0.25, 0.3) is 5.84 Å². The summed E-state index contributed by atoms with van der Waals surface area (Å²) < 4.78 is 1.45. The van der Waals surface area contributed by atoms with Gasteiger partial charge >= 0.3 is 11.9 Å². The summed E-state index contributed by atoms with van der Waals surface area (Å²) in [5, 5.41) is 0.597. The maximum Gasteiger partial charge on any atom is 0.445 e. The molecule has 29 heavy (non-hydrogen) atoms. The molecule has 4 amide bonds. The molecular weight excluding hydrogens is 390 g/mol. The lowest BCUT2D eigenvalue weighted by molar-refractivity contribution is -0.407. The number of carbonyl (C=O) groups is 3. The number of imide groups is 1. The third-order valence-electron chi connectivity index (χ3n) is 6.23. The predicted molar refractivity (Wildman–Crippen MR) is 113 cm³/mol. The van der Waals surface area contributed by atoms with Crippen molar-refractivity contribution in [3.05, 3.63) is 0 Å². The van der Waals surface area contributed by atoms with Crippen molar-refractivity contribution in [1.29, 1.82) is 0 Å². The van der Waals surface area contributed by atoms with Crippen LogP contribution in [0, 0.1) is 11.8 Å². The van der Waals surface area contributed by atoms with Gasteiger partial charge in [0.05, 0.1) is 19.8 Å². The van der Waals surface area contributed by atoms with Gasteiger partial charge in [0.2, 0.25) is 11.7 Å². The maximum atomic E-state index is 12.9. The molecule has 0 aromatic rings. The molecule has 8 nitrogen and oxygen atoms in total. The Morgan fingerprint density at radius 3 is 2.48 bits per heavy atom. The zero-order chi connectivity index (χ0) is 20.5.